The van der Waals surface area contributed by atoms with Gasteiger partial charge in [0.2, 0.25) is 5.91 Å². The number of aromatic nitrogens is 3. The Labute approximate surface area is 200 Å². The number of thioether (sulfide) groups is 1. The van der Waals surface area contributed by atoms with E-state index in [0.29, 0.717) is 38.8 Å². The van der Waals surface area contributed by atoms with Gasteiger partial charge in [-0.25, -0.2) is 0 Å². The number of carbonyl (C=O) groups is 2. The zero-order valence-corrected chi connectivity index (χ0v) is 20.2. The van der Waals surface area contributed by atoms with E-state index in [0.717, 1.165) is 5.56 Å². The molecule has 0 unspecified atom stereocenters. The largest absolute Gasteiger partial charge is 0.342 e. The van der Waals surface area contributed by atoms with Gasteiger partial charge in [0.05, 0.1) is 11.8 Å². The fourth-order valence-electron chi connectivity index (χ4n) is 3.11. The van der Waals surface area contributed by atoms with E-state index in [1.165, 1.54) is 11.8 Å². The highest BCUT2D eigenvalue weighted by molar-refractivity contribution is 7.99. The van der Waals surface area contributed by atoms with Crippen LogP contribution >= 0.6 is 35.0 Å². The minimum absolute atomic E-state index is 0.131. The average molecular weight is 492 g/mol. The number of halogens is 2. The van der Waals surface area contributed by atoms with Crippen LogP contribution in [0.5, 0.6) is 0 Å². The van der Waals surface area contributed by atoms with Crippen molar-refractivity contribution in [3.63, 3.8) is 0 Å². The average Bonchev–Trinajstić information content (AvgIpc) is 3.14. The Bertz CT molecular complexity index is 1120. The predicted molar refractivity (Wildman–Crippen MR) is 129 cm³/mol. The van der Waals surface area contributed by atoms with E-state index in [1.54, 1.807) is 24.3 Å². The highest BCUT2D eigenvalue weighted by Gasteiger charge is 2.20. The molecule has 2 aromatic carbocycles. The van der Waals surface area contributed by atoms with Crippen molar-refractivity contribution in [2.75, 3.05) is 11.1 Å². The van der Waals surface area contributed by atoms with E-state index in [4.69, 9.17) is 23.2 Å². The van der Waals surface area contributed by atoms with Gasteiger partial charge in [0.15, 0.2) is 11.0 Å². The molecule has 1 atom stereocenters. The summed E-state index contributed by atoms with van der Waals surface area (Å²) >= 11 is 13.2. The van der Waals surface area contributed by atoms with Gasteiger partial charge in [-0.05, 0) is 51.1 Å². The van der Waals surface area contributed by atoms with Crippen molar-refractivity contribution in [3.8, 4) is 0 Å². The smallest absolute Gasteiger partial charge is 0.251 e. The van der Waals surface area contributed by atoms with Gasteiger partial charge in [0, 0.05) is 27.8 Å². The van der Waals surface area contributed by atoms with Gasteiger partial charge in [-0.1, -0.05) is 52.7 Å². The third kappa shape index (κ3) is 6.25. The molecule has 2 N–H and O–H groups in total. The van der Waals surface area contributed by atoms with Crippen LogP contribution in [-0.2, 0) is 11.3 Å². The summed E-state index contributed by atoms with van der Waals surface area (Å²) in [6.07, 6.45) is 0. The van der Waals surface area contributed by atoms with E-state index >= 15 is 0 Å². The van der Waals surface area contributed by atoms with Crippen LogP contribution in [-0.4, -0.2) is 32.3 Å². The first-order valence-electron chi connectivity index (χ1n) is 9.96. The number of nitrogens with zero attached hydrogens (tertiary/aromatic N) is 3. The molecule has 3 rings (SSSR count). The maximum absolute atomic E-state index is 12.6. The minimum atomic E-state index is -0.354. The van der Waals surface area contributed by atoms with Crippen molar-refractivity contribution in [3.05, 3.63) is 69.5 Å². The molecule has 0 bridgehead atoms. The van der Waals surface area contributed by atoms with Crippen LogP contribution in [0.4, 0.5) is 5.69 Å². The normalized spacial score (nSPS) is 11.8. The van der Waals surface area contributed by atoms with Crippen molar-refractivity contribution in [2.24, 2.45) is 0 Å². The lowest BCUT2D eigenvalue weighted by atomic mass is 10.1. The number of nitrogens with one attached hydrogen (secondary N) is 2. The molecule has 10 heteroatoms. The molecule has 2 amide bonds. The molecule has 0 spiro atoms. The van der Waals surface area contributed by atoms with Crippen LogP contribution in [0.3, 0.4) is 0 Å². The molecule has 1 aromatic heterocycles. The Morgan fingerprint density at radius 2 is 1.84 bits per heavy atom. The molecule has 7 nitrogen and oxygen atoms in total. The summed E-state index contributed by atoms with van der Waals surface area (Å²) < 4.78 is 1.88. The van der Waals surface area contributed by atoms with Crippen molar-refractivity contribution in [1.29, 1.82) is 0 Å². The third-order valence-electron chi connectivity index (χ3n) is 4.56. The van der Waals surface area contributed by atoms with Gasteiger partial charge in [0.1, 0.15) is 0 Å². The Morgan fingerprint density at radius 1 is 1.12 bits per heavy atom. The van der Waals surface area contributed by atoms with Crippen LogP contribution in [0.15, 0.2) is 47.6 Å². The van der Waals surface area contributed by atoms with Crippen molar-refractivity contribution >= 4 is 52.5 Å². The van der Waals surface area contributed by atoms with Gasteiger partial charge in [-0.15, -0.1) is 10.2 Å². The second kappa shape index (κ2) is 10.8. The molecular weight excluding hydrogens is 469 g/mol. The Balaban J connectivity index is 1.63. The van der Waals surface area contributed by atoms with E-state index < -0.39 is 0 Å². The van der Waals surface area contributed by atoms with Gasteiger partial charge in [-0.2, -0.15) is 0 Å². The number of hydrogen-bond donors (Lipinski definition) is 2. The fraction of sp³-hybridized carbons (Fsp3) is 0.273. The molecule has 0 aliphatic heterocycles. The van der Waals surface area contributed by atoms with E-state index in [9.17, 15) is 9.59 Å². The maximum Gasteiger partial charge on any atom is 0.251 e. The lowest BCUT2D eigenvalue weighted by Crippen LogP contribution is -2.28. The Morgan fingerprint density at radius 3 is 2.50 bits per heavy atom. The number of rotatable bonds is 8. The van der Waals surface area contributed by atoms with Gasteiger partial charge < -0.3 is 15.2 Å². The number of anilines is 1. The monoisotopic (exact) mass is 491 g/mol. The lowest BCUT2D eigenvalue weighted by Gasteiger charge is -2.15. The first-order chi connectivity index (χ1) is 15.3. The zero-order chi connectivity index (χ0) is 23.3. The quantitative estimate of drug-likeness (QED) is 0.426. The first-order valence-corrected chi connectivity index (χ1v) is 11.7. The third-order valence-corrected chi connectivity index (χ3v) is 5.96. The standard InChI is InChI=1S/C22H23Cl2N5O2S/c1-4-29-20(14(3)25-21(31)15-7-5-6-13(2)8-15)27-28-22(29)32-12-19(30)26-18-10-16(23)9-17(24)11-18/h5-11,14H,4,12H2,1-3H3,(H,25,31)(H,26,30)/t14-/m1/s1. The van der Waals surface area contributed by atoms with Crippen LogP contribution in [0.25, 0.3) is 0 Å². The molecule has 0 aliphatic rings. The second-order valence-electron chi connectivity index (χ2n) is 7.14. The van der Waals surface area contributed by atoms with E-state index in [-0.39, 0.29) is 23.6 Å². The number of benzene rings is 2. The molecule has 3 aromatic rings. The molecule has 168 valence electrons. The first kappa shape index (κ1) is 24.1. The van der Waals surface area contributed by atoms with Crippen molar-refractivity contribution < 1.29 is 9.59 Å². The maximum atomic E-state index is 12.6. The molecule has 0 fully saturated rings. The predicted octanol–water partition coefficient (Wildman–Crippen LogP) is 5.14. The Hall–Kier alpha value is -2.55. The summed E-state index contributed by atoms with van der Waals surface area (Å²) in [5.74, 6) is 0.353. The molecule has 0 saturated heterocycles. The number of carbonyl (C=O) groups excluding carboxylic acids is 2. The second-order valence-corrected chi connectivity index (χ2v) is 8.96. The molecule has 0 aliphatic carbocycles. The minimum Gasteiger partial charge on any atom is -0.342 e. The number of hydrogen-bond acceptors (Lipinski definition) is 5. The van der Waals surface area contributed by atoms with Crippen LogP contribution in [0, 0.1) is 6.92 Å². The molecular formula is C22H23Cl2N5O2S. The fourth-order valence-corrected chi connectivity index (χ4v) is 4.44. The van der Waals surface area contributed by atoms with Crippen molar-refractivity contribution in [2.45, 2.75) is 38.5 Å². The van der Waals surface area contributed by atoms with Gasteiger partial charge in [0.25, 0.3) is 5.91 Å². The summed E-state index contributed by atoms with van der Waals surface area (Å²) in [5.41, 5.74) is 2.13. The topological polar surface area (TPSA) is 88.9 Å². The number of aryl methyl sites for hydroxylation is 1. The summed E-state index contributed by atoms with van der Waals surface area (Å²) in [4.78, 5) is 24.9. The van der Waals surface area contributed by atoms with E-state index in [1.807, 2.05) is 43.5 Å². The van der Waals surface area contributed by atoms with Crippen LogP contribution < -0.4 is 10.6 Å². The molecule has 1 heterocycles. The zero-order valence-electron chi connectivity index (χ0n) is 17.9. The SMILES string of the molecule is CCn1c(SCC(=O)Nc2cc(Cl)cc(Cl)c2)nnc1[C@@H](C)NC(=O)c1cccc(C)c1. The van der Waals surface area contributed by atoms with E-state index in [2.05, 4.69) is 20.8 Å². The van der Waals surface area contributed by atoms with Crippen LogP contribution in [0.2, 0.25) is 10.0 Å². The van der Waals surface area contributed by atoms with Gasteiger partial charge >= 0.3 is 0 Å². The number of amides is 2. The van der Waals surface area contributed by atoms with Gasteiger partial charge in [-0.3, -0.25) is 9.59 Å². The Kier molecular flexibility index (Phi) is 8.17. The lowest BCUT2D eigenvalue weighted by molar-refractivity contribution is -0.113. The summed E-state index contributed by atoms with van der Waals surface area (Å²) in [6.45, 7) is 6.35. The van der Waals surface area contributed by atoms with Crippen LogP contribution in [0.1, 0.15) is 41.6 Å². The van der Waals surface area contributed by atoms with Crippen molar-refractivity contribution in [1.82, 2.24) is 20.1 Å². The molecule has 0 saturated carbocycles. The highest BCUT2D eigenvalue weighted by atomic mass is 35.5. The highest BCUT2D eigenvalue weighted by Crippen LogP contribution is 2.24. The molecule has 0 radical (unpaired) electrons. The summed E-state index contributed by atoms with van der Waals surface area (Å²) in [5, 5.41) is 15.7. The summed E-state index contributed by atoms with van der Waals surface area (Å²) in [7, 11) is 0. The molecule has 32 heavy (non-hydrogen) atoms. The summed E-state index contributed by atoms with van der Waals surface area (Å²) in [6, 6.07) is 11.9.